The Labute approximate surface area is 69.3 Å². The number of nitrogens with two attached hydrogens (primary N) is 1. The SMILES string of the molecule is NCc1noc2c1CSCC2. The zero-order chi connectivity index (χ0) is 7.68. The Hall–Kier alpha value is -0.480. The Morgan fingerprint density at radius 1 is 1.64 bits per heavy atom. The van der Waals surface area contributed by atoms with Gasteiger partial charge < -0.3 is 10.3 Å². The highest BCUT2D eigenvalue weighted by Crippen LogP contribution is 2.26. The van der Waals surface area contributed by atoms with E-state index in [0.29, 0.717) is 6.54 Å². The summed E-state index contributed by atoms with van der Waals surface area (Å²) in [5, 5.41) is 3.90. The van der Waals surface area contributed by atoms with Gasteiger partial charge in [0.2, 0.25) is 0 Å². The second-order valence-corrected chi connectivity index (χ2v) is 3.64. The maximum absolute atomic E-state index is 5.49. The summed E-state index contributed by atoms with van der Waals surface area (Å²) in [6.07, 6.45) is 1.01. The average molecular weight is 170 g/mol. The third kappa shape index (κ3) is 1.16. The summed E-state index contributed by atoms with van der Waals surface area (Å²) < 4.78 is 5.13. The number of thioether (sulfide) groups is 1. The average Bonchev–Trinajstić information content (AvgIpc) is 2.47. The summed E-state index contributed by atoms with van der Waals surface area (Å²) in [5.74, 6) is 3.21. The molecule has 2 heterocycles. The van der Waals surface area contributed by atoms with Crippen LogP contribution in [0.25, 0.3) is 0 Å². The lowest BCUT2D eigenvalue weighted by atomic mass is 10.2. The molecule has 0 aliphatic carbocycles. The lowest BCUT2D eigenvalue weighted by molar-refractivity contribution is 0.380. The standard InChI is InChI=1S/C7H10N2OS/c8-3-6-5-4-11-2-1-7(5)10-9-6/h1-4,8H2. The van der Waals surface area contributed by atoms with Gasteiger partial charge in [0.25, 0.3) is 0 Å². The van der Waals surface area contributed by atoms with Crippen LogP contribution in [0.4, 0.5) is 0 Å². The van der Waals surface area contributed by atoms with E-state index in [1.807, 2.05) is 11.8 Å². The van der Waals surface area contributed by atoms with E-state index in [-0.39, 0.29) is 0 Å². The van der Waals surface area contributed by atoms with E-state index in [1.165, 1.54) is 5.56 Å². The summed E-state index contributed by atoms with van der Waals surface area (Å²) in [6, 6.07) is 0. The van der Waals surface area contributed by atoms with Crippen molar-refractivity contribution in [1.82, 2.24) is 5.16 Å². The Morgan fingerprint density at radius 2 is 2.55 bits per heavy atom. The molecular formula is C7H10N2OS. The highest BCUT2D eigenvalue weighted by Gasteiger charge is 2.17. The van der Waals surface area contributed by atoms with Crippen LogP contribution in [0.15, 0.2) is 4.52 Å². The Kier molecular flexibility index (Phi) is 1.87. The Balaban J connectivity index is 2.38. The fourth-order valence-corrected chi connectivity index (χ4v) is 2.25. The monoisotopic (exact) mass is 170 g/mol. The Bertz CT molecular complexity index is 245. The minimum Gasteiger partial charge on any atom is -0.361 e. The fourth-order valence-electron chi connectivity index (χ4n) is 1.24. The maximum Gasteiger partial charge on any atom is 0.141 e. The number of fused-ring (bicyclic) bond motifs is 1. The molecular weight excluding hydrogens is 160 g/mol. The highest BCUT2D eigenvalue weighted by atomic mass is 32.2. The largest absolute Gasteiger partial charge is 0.361 e. The molecule has 0 fully saturated rings. The predicted molar refractivity (Wildman–Crippen MR) is 44.3 cm³/mol. The van der Waals surface area contributed by atoms with Gasteiger partial charge in [-0.15, -0.1) is 0 Å². The molecule has 1 aliphatic heterocycles. The molecule has 3 nitrogen and oxygen atoms in total. The molecule has 0 amide bonds. The zero-order valence-electron chi connectivity index (χ0n) is 6.17. The lowest BCUT2D eigenvalue weighted by Crippen LogP contribution is -2.04. The van der Waals surface area contributed by atoms with E-state index >= 15 is 0 Å². The molecule has 0 aromatic carbocycles. The van der Waals surface area contributed by atoms with Gasteiger partial charge in [-0.25, -0.2) is 0 Å². The van der Waals surface area contributed by atoms with Crippen molar-refractivity contribution < 1.29 is 4.52 Å². The minimum absolute atomic E-state index is 0.499. The molecule has 2 N–H and O–H groups in total. The molecule has 0 saturated carbocycles. The van der Waals surface area contributed by atoms with Crippen LogP contribution in [-0.4, -0.2) is 10.9 Å². The topological polar surface area (TPSA) is 52.0 Å². The zero-order valence-corrected chi connectivity index (χ0v) is 6.99. The van der Waals surface area contributed by atoms with Gasteiger partial charge in [-0.1, -0.05) is 5.16 Å². The van der Waals surface area contributed by atoms with E-state index in [9.17, 15) is 0 Å². The summed E-state index contributed by atoms with van der Waals surface area (Å²) in [6.45, 7) is 0.499. The van der Waals surface area contributed by atoms with Crippen molar-refractivity contribution in [2.24, 2.45) is 5.73 Å². The van der Waals surface area contributed by atoms with Crippen LogP contribution in [0.5, 0.6) is 0 Å². The molecule has 11 heavy (non-hydrogen) atoms. The first kappa shape index (κ1) is 7.18. The van der Waals surface area contributed by atoms with Gasteiger partial charge >= 0.3 is 0 Å². The van der Waals surface area contributed by atoms with Crippen molar-refractivity contribution in [3.05, 3.63) is 17.0 Å². The quantitative estimate of drug-likeness (QED) is 0.681. The van der Waals surface area contributed by atoms with Crippen molar-refractivity contribution >= 4 is 11.8 Å². The van der Waals surface area contributed by atoms with Crippen molar-refractivity contribution in [2.75, 3.05) is 5.75 Å². The van der Waals surface area contributed by atoms with Crippen LogP contribution >= 0.6 is 11.8 Å². The number of aryl methyl sites for hydroxylation is 1. The van der Waals surface area contributed by atoms with E-state index in [0.717, 1.165) is 29.4 Å². The van der Waals surface area contributed by atoms with Crippen LogP contribution in [-0.2, 0) is 18.7 Å². The van der Waals surface area contributed by atoms with E-state index < -0.39 is 0 Å². The van der Waals surface area contributed by atoms with Gasteiger partial charge in [-0.3, -0.25) is 0 Å². The predicted octanol–water partition coefficient (Wildman–Crippen LogP) is 0.923. The van der Waals surface area contributed by atoms with E-state index in [2.05, 4.69) is 5.16 Å². The number of aromatic nitrogens is 1. The summed E-state index contributed by atoms with van der Waals surface area (Å²) in [5.41, 5.74) is 7.66. The fraction of sp³-hybridized carbons (Fsp3) is 0.571. The maximum atomic E-state index is 5.49. The van der Waals surface area contributed by atoms with Crippen LogP contribution in [0, 0.1) is 0 Å². The van der Waals surface area contributed by atoms with Crippen LogP contribution < -0.4 is 5.73 Å². The van der Waals surface area contributed by atoms with Gasteiger partial charge in [0.1, 0.15) is 11.5 Å². The lowest BCUT2D eigenvalue weighted by Gasteiger charge is -2.07. The molecule has 0 atom stereocenters. The summed E-state index contributed by atoms with van der Waals surface area (Å²) in [4.78, 5) is 0. The first-order valence-electron chi connectivity index (χ1n) is 3.66. The van der Waals surface area contributed by atoms with Crippen molar-refractivity contribution in [3.63, 3.8) is 0 Å². The summed E-state index contributed by atoms with van der Waals surface area (Å²) >= 11 is 1.92. The van der Waals surface area contributed by atoms with Gasteiger partial charge in [-0.2, -0.15) is 11.8 Å². The van der Waals surface area contributed by atoms with Crippen molar-refractivity contribution in [2.45, 2.75) is 18.7 Å². The molecule has 0 unspecified atom stereocenters. The van der Waals surface area contributed by atoms with Crippen LogP contribution in [0.2, 0.25) is 0 Å². The third-order valence-corrected chi connectivity index (χ3v) is 2.85. The van der Waals surface area contributed by atoms with E-state index in [1.54, 1.807) is 0 Å². The molecule has 0 saturated heterocycles. The van der Waals surface area contributed by atoms with Crippen LogP contribution in [0.3, 0.4) is 0 Å². The molecule has 0 spiro atoms. The minimum atomic E-state index is 0.499. The first-order chi connectivity index (χ1) is 5.42. The molecule has 0 bridgehead atoms. The number of hydrogen-bond acceptors (Lipinski definition) is 4. The molecule has 1 aromatic heterocycles. The summed E-state index contributed by atoms with van der Waals surface area (Å²) in [7, 11) is 0. The van der Waals surface area contributed by atoms with Gasteiger partial charge in [-0.05, 0) is 0 Å². The number of rotatable bonds is 1. The van der Waals surface area contributed by atoms with Crippen molar-refractivity contribution in [1.29, 1.82) is 0 Å². The number of nitrogens with zero attached hydrogens (tertiary/aromatic N) is 1. The molecule has 4 heteroatoms. The van der Waals surface area contributed by atoms with Crippen molar-refractivity contribution in [3.8, 4) is 0 Å². The van der Waals surface area contributed by atoms with Crippen LogP contribution in [0.1, 0.15) is 17.0 Å². The molecule has 0 radical (unpaired) electrons. The smallest absolute Gasteiger partial charge is 0.141 e. The molecule has 1 aromatic rings. The third-order valence-electron chi connectivity index (χ3n) is 1.86. The second-order valence-electron chi connectivity index (χ2n) is 2.54. The normalized spacial score (nSPS) is 16.5. The highest BCUT2D eigenvalue weighted by molar-refractivity contribution is 7.98. The molecule has 1 aliphatic rings. The molecule has 2 rings (SSSR count). The Morgan fingerprint density at radius 3 is 3.36 bits per heavy atom. The second kappa shape index (κ2) is 2.87. The first-order valence-corrected chi connectivity index (χ1v) is 4.81. The van der Waals surface area contributed by atoms with Gasteiger partial charge in [0, 0.05) is 30.0 Å². The number of hydrogen-bond donors (Lipinski definition) is 1. The van der Waals surface area contributed by atoms with Gasteiger partial charge in [0.15, 0.2) is 0 Å². The molecule has 60 valence electrons. The van der Waals surface area contributed by atoms with Gasteiger partial charge in [0.05, 0.1) is 0 Å². The van der Waals surface area contributed by atoms with E-state index in [4.69, 9.17) is 10.3 Å².